The molecule has 0 unspecified atom stereocenters. The van der Waals surface area contributed by atoms with E-state index in [1.54, 1.807) is 0 Å². The van der Waals surface area contributed by atoms with Crippen LogP contribution in [0.3, 0.4) is 0 Å². The number of nitrogens with one attached hydrogen (secondary N) is 1. The molecule has 0 radical (unpaired) electrons. The van der Waals surface area contributed by atoms with Crippen LogP contribution in [0.5, 0.6) is 0 Å². The summed E-state index contributed by atoms with van der Waals surface area (Å²) in [5.74, 6) is -1.13. The second kappa shape index (κ2) is 5.83. The van der Waals surface area contributed by atoms with Gasteiger partial charge in [0.2, 0.25) is 0 Å². The van der Waals surface area contributed by atoms with Crippen LogP contribution in [0.4, 0.5) is 20.2 Å². The molecule has 0 heterocycles. The van der Waals surface area contributed by atoms with E-state index in [0.717, 1.165) is 24.3 Å². The van der Waals surface area contributed by atoms with Crippen molar-refractivity contribution in [2.24, 2.45) is 0 Å². The molecule has 0 aliphatic rings. The first-order chi connectivity index (χ1) is 9.45. The topological polar surface area (TPSA) is 55.2 Å². The van der Waals surface area contributed by atoms with Crippen LogP contribution in [-0.4, -0.2) is 4.92 Å². The summed E-state index contributed by atoms with van der Waals surface area (Å²) >= 11 is 5.70. The monoisotopic (exact) mass is 298 g/mol. The molecule has 0 aliphatic heterocycles. The molecule has 104 valence electrons. The summed E-state index contributed by atoms with van der Waals surface area (Å²) in [6, 6.07) is 7.06. The number of hydrogen-bond acceptors (Lipinski definition) is 3. The lowest BCUT2D eigenvalue weighted by atomic mass is 10.2. The fraction of sp³-hybridized carbons (Fsp3) is 0.0769. The van der Waals surface area contributed by atoms with Crippen molar-refractivity contribution in [3.05, 3.63) is 68.7 Å². The van der Waals surface area contributed by atoms with Gasteiger partial charge >= 0.3 is 0 Å². The molecule has 0 amide bonds. The highest BCUT2D eigenvalue weighted by molar-refractivity contribution is 6.30. The van der Waals surface area contributed by atoms with Crippen molar-refractivity contribution in [1.29, 1.82) is 0 Å². The molecular weight excluding hydrogens is 290 g/mol. The Hall–Kier alpha value is -2.21. The third kappa shape index (κ3) is 3.42. The van der Waals surface area contributed by atoms with E-state index in [-0.39, 0.29) is 22.9 Å². The summed E-state index contributed by atoms with van der Waals surface area (Å²) < 4.78 is 26.6. The van der Waals surface area contributed by atoms with Crippen molar-refractivity contribution in [2.45, 2.75) is 6.54 Å². The Morgan fingerprint density at radius 3 is 2.60 bits per heavy atom. The smallest absolute Gasteiger partial charge is 0.271 e. The van der Waals surface area contributed by atoms with Crippen molar-refractivity contribution in [3.8, 4) is 0 Å². The average Bonchev–Trinajstić information content (AvgIpc) is 2.36. The van der Waals surface area contributed by atoms with Gasteiger partial charge in [-0.3, -0.25) is 10.1 Å². The largest absolute Gasteiger partial charge is 0.378 e. The molecule has 4 nitrogen and oxygen atoms in total. The predicted octanol–water partition coefficient (Wildman–Crippen LogP) is 4.14. The second-order valence-electron chi connectivity index (χ2n) is 4.05. The highest BCUT2D eigenvalue weighted by Gasteiger charge is 2.10. The molecule has 0 aromatic heterocycles. The van der Waals surface area contributed by atoms with Crippen molar-refractivity contribution in [3.63, 3.8) is 0 Å². The summed E-state index contributed by atoms with van der Waals surface area (Å²) in [6.45, 7) is 0.0928. The molecule has 20 heavy (non-hydrogen) atoms. The summed E-state index contributed by atoms with van der Waals surface area (Å²) in [4.78, 5) is 9.99. The van der Waals surface area contributed by atoms with Gasteiger partial charge in [0.25, 0.3) is 5.69 Å². The third-order valence-corrected chi connectivity index (χ3v) is 2.78. The fourth-order valence-electron chi connectivity index (χ4n) is 1.67. The van der Waals surface area contributed by atoms with Crippen LogP contribution >= 0.6 is 11.6 Å². The van der Waals surface area contributed by atoms with Gasteiger partial charge in [-0.25, -0.2) is 8.78 Å². The summed E-state index contributed by atoms with van der Waals surface area (Å²) in [6.07, 6.45) is 0. The SMILES string of the molecule is O=[N+]([O-])c1ccc(F)c(NCc2cc(F)cc(Cl)c2)c1. The molecule has 7 heteroatoms. The molecule has 2 rings (SSSR count). The Labute approximate surface area is 118 Å². The second-order valence-corrected chi connectivity index (χ2v) is 4.49. The van der Waals surface area contributed by atoms with Crippen LogP contribution in [0.15, 0.2) is 36.4 Å². The molecular formula is C13H9ClF2N2O2. The number of anilines is 1. The summed E-state index contributed by atoms with van der Waals surface area (Å²) in [5, 5.41) is 13.5. The van der Waals surface area contributed by atoms with Gasteiger partial charge in [-0.05, 0) is 29.8 Å². The molecule has 2 aromatic carbocycles. The maximum absolute atomic E-state index is 13.5. The molecule has 0 saturated carbocycles. The zero-order chi connectivity index (χ0) is 14.7. The highest BCUT2D eigenvalue weighted by Crippen LogP contribution is 2.22. The first-order valence-corrected chi connectivity index (χ1v) is 5.96. The van der Waals surface area contributed by atoms with Gasteiger partial charge in [-0.2, -0.15) is 0 Å². The van der Waals surface area contributed by atoms with Crippen LogP contribution in [0, 0.1) is 21.7 Å². The quantitative estimate of drug-likeness (QED) is 0.682. The Bertz CT molecular complexity index is 645. The minimum Gasteiger partial charge on any atom is -0.378 e. The van der Waals surface area contributed by atoms with E-state index < -0.39 is 16.6 Å². The maximum Gasteiger partial charge on any atom is 0.271 e. The lowest BCUT2D eigenvalue weighted by molar-refractivity contribution is -0.384. The Balaban J connectivity index is 2.18. The zero-order valence-corrected chi connectivity index (χ0v) is 10.8. The molecule has 0 spiro atoms. The van der Waals surface area contributed by atoms with Crippen LogP contribution < -0.4 is 5.32 Å². The van der Waals surface area contributed by atoms with Crippen LogP contribution in [0.25, 0.3) is 0 Å². The van der Waals surface area contributed by atoms with Crippen molar-refractivity contribution < 1.29 is 13.7 Å². The Morgan fingerprint density at radius 2 is 1.95 bits per heavy atom. The fourth-order valence-corrected chi connectivity index (χ4v) is 1.92. The van der Waals surface area contributed by atoms with Gasteiger partial charge < -0.3 is 5.32 Å². The molecule has 1 N–H and O–H groups in total. The summed E-state index contributed by atoms with van der Waals surface area (Å²) in [7, 11) is 0. The normalized spacial score (nSPS) is 10.3. The van der Waals surface area contributed by atoms with E-state index in [1.165, 1.54) is 12.1 Å². The molecule has 0 saturated heterocycles. The number of benzene rings is 2. The van der Waals surface area contributed by atoms with E-state index in [0.29, 0.717) is 5.56 Å². The van der Waals surface area contributed by atoms with Gasteiger partial charge in [-0.1, -0.05) is 11.6 Å². The number of halogens is 3. The molecule has 0 aliphatic carbocycles. The third-order valence-electron chi connectivity index (χ3n) is 2.57. The van der Waals surface area contributed by atoms with E-state index >= 15 is 0 Å². The van der Waals surface area contributed by atoms with E-state index in [1.807, 2.05) is 0 Å². The van der Waals surface area contributed by atoms with Crippen LogP contribution in [-0.2, 0) is 6.54 Å². The van der Waals surface area contributed by atoms with Crippen molar-refractivity contribution >= 4 is 23.0 Å². The predicted molar refractivity (Wildman–Crippen MR) is 71.8 cm³/mol. The first kappa shape index (κ1) is 14.2. The van der Waals surface area contributed by atoms with Gasteiger partial charge in [0.15, 0.2) is 0 Å². The van der Waals surface area contributed by atoms with Crippen molar-refractivity contribution in [2.75, 3.05) is 5.32 Å². The number of non-ortho nitro benzene ring substituents is 1. The first-order valence-electron chi connectivity index (χ1n) is 5.58. The number of hydrogen-bond donors (Lipinski definition) is 1. The standard InChI is InChI=1S/C13H9ClF2N2O2/c14-9-3-8(4-10(15)5-9)7-17-13-6-11(18(19)20)1-2-12(13)16/h1-6,17H,7H2. The van der Waals surface area contributed by atoms with Gasteiger partial charge in [0.05, 0.1) is 10.6 Å². The minimum atomic E-state index is -0.627. The van der Waals surface area contributed by atoms with E-state index in [9.17, 15) is 18.9 Å². The maximum atomic E-state index is 13.5. The average molecular weight is 299 g/mol. The van der Waals surface area contributed by atoms with Crippen LogP contribution in [0.2, 0.25) is 5.02 Å². The zero-order valence-electron chi connectivity index (χ0n) is 10.1. The van der Waals surface area contributed by atoms with Crippen molar-refractivity contribution in [1.82, 2.24) is 0 Å². The Kier molecular flexibility index (Phi) is 4.14. The number of nitro groups is 1. The number of nitrogens with zero attached hydrogens (tertiary/aromatic N) is 1. The molecule has 0 atom stereocenters. The van der Waals surface area contributed by atoms with Crippen LogP contribution in [0.1, 0.15) is 5.56 Å². The lowest BCUT2D eigenvalue weighted by Gasteiger charge is -2.08. The highest BCUT2D eigenvalue weighted by atomic mass is 35.5. The van der Waals surface area contributed by atoms with E-state index in [2.05, 4.69) is 5.32 Å². The Morgan fingerprint density at radius 1 is 1.20 bits per heavy atom. The summed E-state index contributed by atoms with van der Waals surface area (Å²) in [5.41, 5.74) is 0.242. The molecule has 0 bridgehead atoms. The van der Waals surface area contributed by atoms with E-state index in [4.69, 9.17) is 11.6 Å². The molecule has 0 fully saturated rings. The minimum absolute atomic E-state index is 0.0282. The van der Waals surface area contributed by atoms with Gasteiger partial charge in [0.1, 0.15) is 11.6 Å². The molecule has 2 aromatic rings. The van der Waals surface area contributed by atoms with Gasteiger partial charge in [0, 0.05) is 23.7 Å². The van der Waals surface area contributed by atoms with Gasteiger partial charge in [-0.15, -0.1) is 0 Å². The lowest BCUT2D eigenvalue weighted by Crippen LogP contribution is -2.02. The number of rotatable bonds is 4. The number of nitro benzene ring substituents is 1.